The summed E-state index contributed by atoms with van der Waals surface area (Å²) >= 11 is 0. The Bertz CT molecular complexity index is 472. The minimum absolute atomic E-state index is 0.112. The number of nitrogens with zero attached hydrogens (tertiary/aromatic N) is 2. The van der Waals surface area contributed by atoms with Gasteiger partial charge in [-0.25, -0.2) is 0 Å². The molecule has 0 radical (unpaired) electrons. The molecule has 0 heterocycles. The van der Waals surface area contributed by atoms with Crippen LogP contribution in [0.2, 0.25) is 0 Å². The van der Waals surface area contributed by atoms with Gasteiger partial charge in [0.1, 0.15) is 0 Å². The van der Waals surface area contributed by atoms with Crippen LogP contribution in [0.4, 0.5) is 0 Å². The number of rotatable bonds is 9. The van der Waals surface area contributed by atoms with Crippen LogP contribution in [0.3, 0.4) is 0 Å². The Morgan fingerprint density at radius 3 is 2.05 bits per heavy atom. The molecule has 0 saturated heterocycles. The molecule has 0 aliphatic heterocycles. The van der Waals surface area contributed by atoms with Gasteiger partial charge < -0.3 is 11.5 Å². The number of benzene rings is 1. The van der Waals surface area contributed by atoms with Crippen molar-refractivity contribution in [1.82, 2.24) is 0 Å². The van der Waals surface area contributed by atoms with Crippen molar-refractivity contribution >= 4 is 12.4 Å². The Hall–Kier alpha value is -1.52. The summed E-state index contributed by atoms with van der Waals surface area (Å²) in [4.78, 5) is 8.82. The maximum atomic E-state index is 6.10. The average Bonchev–Trinajstić information content (AvgIpc) is 2.49. The molecule has 2 unspecified atom stereocenters. The topological polar surface area (TPSA) is 76.8 Å². The number of aliphatic imine (C=N–C) groups is 2. The highest BCUT2D eigenvalue weighted by Crippen LogP contribution is 2.09. The van der Waals surface area contributed by atoms with Gasteiger partial charge in [0.25, 0.3) is 0 Å². The second-order valence-electron chi connectivity index (χ2n) is 6.26. The Balaban J connectivity index is 2.41. The Kier molecular flexibility index (Phi) is 7.99. The fraction of sp³-hybridized carbons (Fsp3) is 0.556. The van der Waals surface area contributed by atoms with E-state index in [-0.39, 0.29) is 11.6 Å². The van der Waals surface area contributed by atoms with Crippen LogP contribution in [0, 0.1) is 0 Å². The van der Waals surface area contributed by atoms with Crippen LogP contribution in [-0.2, 0) is 0 Å². The lowest BCUT2D eigenvalue weighted by molar-refractivity contribution is 0.425. The molecular formula is C18H30N4. The third kappa shape index (κ3) is 8.05. The van der Waals surface area contributed by atoms with Crippen molar-refractivity contribution in [1.29, 1.82) is 0 Å². The molecule has 0 aromatic heterocycles. The lowest BCUT2D eigenvalue weighted by Gasteiger charge is -2.20. The SMILES string of the molecule is CCC(C)(N)CC/N=C/c1ccc(/C=N/CCC(C)N)cc1. The lowest BCUT2D eigenvalue weighted by Crippen LogP contribution is -2.35. The highest BCUT2D eigenvalue weighted by molar-refractivity contribution is 5.84. The first-order chi connectivity index (χ1) is 10.4. The zero-order valence-electron chi connectivity index (χ0n) is 14.1. The zero-order valence-corrected chi connectivity index (χ0v) is 14.1. The van der Waals surface area contributed by atoms with Gasteiger partial charge in [-0.2, -0.15) is 0 Å². The van der Waals surface area contributed by atoms with Crippen molar-refractivity contribution in [2.24, 2.45) is 21.5 Å². The van der Waals surface area contributed by atoms with Gasteiger partial charge in [-0.15, -0.1) is 0 Å². The van der Waals surface area contributed by atoms with Crippen molar-refractivity contribution in [3.8, 4) is 0 Å². The Labute approximate surface area is 134 Å². The summed E-state index contributed by atoms with van der Waals surface area (Å²) in [7, 11) is 0. The monoisotopic (exact) mass is 302 g/mol. The standard InChI is InChI=1S/C18H30N4/c1-4-18(3,20)10-12-22-14-17-7-5-16(6-8-17)13-21-11-9-15(2)19/h5-8,13-15H,4,9-12,19-20H2,1-3H3/b21-13+,22-14+. The van der Waals surface area contributed by atoms with Gasteiger partial charge in [0.05, 0.1) is 0 Å². The first-order valence-electron chi connectivity index (χ1n) is 8.07. The molecule has 0 aliphatic carbocycles. The molecule has 122 valence electrons. The maximum absolute atomic E-state index is 6.10. The second kappa shape index (κ2) is 9.49. The summed E-state index contributed by atoms with van der Waals surface area (Å²) < 4.78 is 0. The highest BCUT2D eigenvalue weighted by atomic mass is 14.8. The highest BCUT2D eigenvalue weighted by Gasteiger charge is 2.13. The molecule has 22 heavy (non-hydrogen) atoms. The van der Waals surface area contributed by atoms with Crippen LogP contribution in [0.25, 0.3) is 0 Å². The van der Waals surface area contributed by atoms with Crippen molar-refractivity contribution in [2.45, 2.75) is 51.6 Å². The van der Waals surface area contributed by atoms with E-state index in [0.29, 0.717) is 0 Å². The predicted molar refractivity (Wildman–Crippen MR) is 97.1 cm³/mol. The molecular weight excluding hydrogens is 272 g/mol. The summed E-state index contributed by atoms with van der Waals surface area (Å²) in [6, 6.07) is 8.42. The van der Waals surface area contributed by atoms with Crippen molar-refractivity contribution < 1.29 is 0 Å². The normalized spacial score (nSPS) is 16.2. The van der Waals surface area contributed by atoms with E-state index in [0.717, 1.165) is 43.5 Å². The van der Waals surface area contributed by atoms with Crippen LogP contribution in [-0.4, -0.2) is 37.1 Å². The fourth-order valence-electron chi connectivity index (χ4n) is 1.78. The fourth-order valence-corrected chi connectivity index (χ4v) is 1.78. The molecule has 4 N–H and O–H groups in total. The van der Waals surface area contributed by atoms with E-state index >= 15 is 0 Å². The van der Waals surface area contributed by atoms with Gasteiger partial charge in [-0.1, -0.05) is 31.2 Å². The number of nitrogens with two attached hydrogens (primary N) is 2. The minimum Gasteiger partial charge on any atom is -0.328 e. The summed E-state index contributed by atoms with van der Waals surface area (Å²) in [6.07, 6.45) is 6.59. The number of hydrogen-bond donors (Lipinski definition) is 2. The van der Waals surface area contributed by atoms with Gasteiger partial charge in [0.15, 0.2) is 0 Å². The largest absolute Gasteiger partial charge is 0.328 e. The van der Waals surface area contributed by atoms with E-state index < -0.39 is 0 Å². The Morgan fingerprint density at radius 2 is 1.59 bits per heavy atom. The molecule has 0 spiro atoms. The first kappa shape index (κ1) is 18.5. The van der Waals surface area contributed by atoms with Crippen molar-refractivity contribution in [3.63, 3.8) is 0 Å². The van der Waals surface area contributed by atoms with Crippen molar-refractivity contribution in [3.05, 3.63) is 35.4 Å². The quantitative estimate of drug-likeness (QED) is 0.688. The van der Waals surface area contributed by atoms with Crippen LogP contribution >= 0.6 is 0 Å². The minimum atomic E-state index is -0.112. The molecule has 0 aliphatic rings. The Morgan fingerprint density at radius 1 is 1.09 bits per heavy atom. The summed E-state index contributed by atoms with van der Waals surface area (Å²) in [5.74, 6) is 0. The van der Waals surface area contributed by atoms with Gasteiger partial charge >= 0.3 is 0 Å². The van der Waals surface area contributed by atoms with E-state index in [2.05, 4.69) is 48.1 Å². The molecule has 1 aromatic rings. The molecule has 0 bridgehead atoms. The molecule has 2 atom stereocenters. The second-order valence-corrected chi connectivity index (χ2v) is 6.26. The molecule has 4 heteroatoms. The third-order valence-corrected chi connectivity index (χ3v) is 3.75. The molecule has 1 rings (SSSR count). The van der Waals surface area contributed by atoms with Gasteiger partial charge in [-0.05, 0) is 44.2 Å². The molecule has 0 amide bonds. The number of hydrogen-bond acceptors (Lipinski definition) is 4. The predicted octanol–water partition coefficient (Wildman–Crippen LogP) is 2.78. The lowest BCUT2D eigenvalue weighted by atomic mass is 9.96. The van der Waals surface area contributed by atoms with Gasteiger partial charge in [0.2, 0.25) is 0 Å². The van der Waals surface area contributed by atoms with Crippen LogP contribution in [0.1, 0.15) is 51.2 Å². The summed E-state index contributed by atoms with van der Waals surface area (Å²) in [5.41, 5.74) is 13.9. The molecule has 0 fully saturated rings. The van der Waals surface area contributed by atoms with Crippen molar-refractivity contribution in [2.75, 3.05) is 13.1 Å². The van der Waals surface area contributed by atoms with Crippen LogP contribution in [0.15, 0.2) is 34.3 Å². The summed E-state index contributed by atoms with van der Waals surface area (Å²) in [6.45, 7) is 7.72. The zero-order chi connectivity index (χ0) is 16.4. The van der Waals surface area contributed by atoms with Gasteiger partial charge in [0, 0.05) is 37.1 Å². The molecule has 4 nitrogen and oxygen atoms in total. The summed E-state index contributed by atoms with van der Waals surface area (Å²) in [5, 5.41) is 0. The van der Waals surface area contributed by atoms with E-state index in [1.807, 2.05) is 19.4 Å². The van der Waals surface area contributed by atoms with Crippen LogP contribution < -0.4 is 11.5 Å². The molecule has 0 saturated carbocycles. The maximum Gasteiger partial charge on any atom is 0.0406 e. The molecule has 1 aromatic carbocycles. The smallest absolute Gasteiger partial charge is 0.0406 e. The average molecular weight is 302 g/mol. The van der Waals surface area contributed by atoms with Gasteiger partial charge in [-0.3, -0.25) is 9.98 Å². The van der Waals surface area contributed by atoms with E-state index in [1.54, 1.807) is 0 Å². The van der Waals surface area contributed by atoms with Crippen LogP contribution in [0.5, 0.6) is 0 Å². The first-order valence-corrected chi connectivity index (χ1v) is 8.07. The van der Waals surface area contributed by atoms with E-state index in [9.17, 15) is 0 Å². The third-order valence-electron chi connectivity index (χ3n) is 3.75. The van der Waals surface area contributed by atoms with E-state index in [1.165, 1.54) is 0 Å². The van der Waals surface area contributed by atoms with E-state index in [4.69, 9.17) is 11.5 Å².